The summed E-state index contributed by atoms with van der Waals surface area (Å²) in [6, 6.07) is 6.75. The Hall–Kier alpha value is -2.93. The van der Waals surface area contributed by atoms with Gasteiger partial charge in [-0.3, -0.25) is 4.84 Å². The lowest BCUT2D eigenvalue weighted by Gasteiger charge is -2.35. The van der Waals surface area contributed by atoms with Crippen LogP contribution < -0.4 is 10.8 Å². The molecule has 0 bridgehead atoms. The zero-order valence-electron chi connectivity index (χ0n) is 17.8. The summed E-state index contributed by atoms with van der Waals surface area (Å²) in [7, 11) is 0. The molecule has 0 spiro atoms. The van der Waals surface area contributed by atoms with E-state index in [1.54, 1.807) is 12.1 Å². The van der Waals surface area contributed by atoms with Gasteiger partial charge in [-0.25, -0.2) is 14.9 Å². The van der Waals surface area contributed by atoms with E-state index in [9.17, 15) is 30.7 Å². The van der Waals surface area contributed by atoms with Crippen molar-refractivity contribution in [3.8, 4) is 0 Å². The lowest BCUT2D eigenvalue weighted by atomic mass is 9.72. The molecule has 3 aromatic rings. The van der Waals surface area contributed by atoms with Gasteiger partial charge in [-0.2, -0.15) is 36.0 Å². The van der Waals surface area contributed by atoms with E-state index in [2.05, 4.69) is 20.9 Å². The first-order chi connectivity index (χ1) is 15.9. The molecule has 2 atom stereocenters. The van der Waals surface area contributed by atoms with Crippen LogP contribution in [0.2, 0.25) is 0 Å². The number of hydrogen-bond donors (Lipinski definition) is 2. The molecular formula is C21H20F7N5O. The van der Waals surface area contributed by atoms with Gasteiger partial charge in [0, 0.05) is 17.5 Å². The highest BCUT2D eigenvalue weighted by Gasteiger charge is 2.39. The molecule has 2 N–H and O–H groups in total. The van der Waals surface area contributed by atoms with E-state index >= 15 is 0 Å². The molecule has 184 valence electrons. The lowest BCUT2D eigenvalue weighted by Crippen LogP contribution is -2.39. The van der Waals surface area contributed by atoms with Crippen molar-refractivity contribution in [1.82, 2.24) is 19.9 Å². The standard InChI is InChI=1S/C21H20F7N5O/c1-19(13-6-7-29-10-13,12-2-4-14(22)5-3-12)11-34-32-18-8-15(20(23,24)25)30-17-9-16(21(26,27)28)31-33(17)18/h2-5,8-9,13,29,32H,6-7,10-11H2,1H3. The molecule has 6 nitrogen and oxygen atoms in total. The first-order valence-corrected chi connectivity index (χ1v) is 10.3. The molecule has 0 aliphatic carbocycles. The number of rotatable bonds is 6. The van der Waals surface area contributed by atoms with Crippen molar-refractivity contribution < 1.29 is 35.6 Å². The van der Waals surface area contributed by atoms with Gasteiger partial charge in [0.05, 0.1) is 6.61 Å². The number of nitrogens with zero attached hydrogens (tertiary/aromatic N) is 3. The summed E-state index contributed by atoms with van der Waals surface area (Å²) in [5.74, 6) is -0.837. The van der Waals surface area contributed by atoms with Crippen molar-refractivity contribution in [2.24, 2.45) is 5.92 Å². The summed E-state index contributed by atoms with van der Waals surface area (Å²) in [5, 5.41) is 6.56. The predicted molar refractivity (Wildman–Crippen MR) is 107 cm³/mol. The molecule has 1 saturated heterocycles. The van der Waals surface area contributed by atoms with E-state index in [4.69, 9.17) is 4.84 Å². The third kappa shape index (κ3) is 4.80. The fraction of sp³-hybridized carbons (Fsp3) is 0.429. The molecule has 2 unspecified atom stereocenters. The molecule has 13 heteroatoms. The Morgan fingerprint density at radius 2 is 1.74 bits per heavy atom. The van der Waals surface area contributed by atoms with Crippen LogP contribution in [-0.2, 0) is 22.6 Å². The number of halogens is 7. The van der Waals surface area contributed by atoms with Gasteiger partial charge in [-0.05, 0) is 43.1 Å². The number of hydrogen-bond acceptors (Lipinski definition) is 5. The third-order valence-electron chi connectivity index (χ3n) is 6.02. The van der Waals surface area contributed by atoms with Gasteiger partial charge in [-0.15, -0.1) is 0 Å². The van der Waals surface area contributed by atoms with E-state index in [0.717, 1.165) is 18.5 Å². The Kier molecular flexibility index (Phi) is 6.19. The zero-order chi connectivity index (χ0) is 24.7. The predicted octanol–water partition coefficient (Wildman–Crippen LogP) is 4.82. The van der Waals surface area contributed by atoms with Crippen molar-refractivity contribution in [2.75, 3.05) is 25.2 Å². The molecule has 1 aliphatic heterocycles. The third-order valence-corrected chi connectivity index (χ3v) is 6.02. The minimum absolute atomic E-state index is 0.0597. The second-order valence-corrected chi connectivity index (χ2v) is 8.33. The van der Waals surface area contributed by atoms with Crippen LogP contribution in [0.1, 0.15) is 30.3 Å². The first-order valence-electron chi connectivity index (χ1n) is 10.3. The topological polar surface area (TPSA) is 63.5 Å². The molecule has 1 fully saturated rings. The average Bonchev–Trinajstić information content (AvgIpc) is 3.43. The first kappa shape index (κ1) is 24.2. The largest absolute Gasteiger partial charge is 0.435 e. The van der Waals surface area contributed by atoms with E-state index in [0.29, 0.717) is 23.2 Å². The number of benzene rings is 1. The molecule has 0 saturated carbocycles. The minimum Gasteiger partial charge on any atom is -0.316 e. The van der Waals surface area contributed by atoms with Crippen molar-refractivity contribution >= 4 is 11.5 Å². The van der Waals surface area contributed by atoms with Crippen LogP contribution in [-0.4, -0.2) is 34.3 Å². The second-order valence-electron chi connectivity index (χ2n) is 8.33. The number of fused-ring (bicyclic) bond motifs is 1. The van der Waals surface area contributed by atoms with Crippen molar-refractivity contribution in [3.63, 3.8) is 0 Å². The normalized spacial score (nSPS) is 18.9. The van der Waals surface area contributed by atoms with Crippen LogP contribution in [0.15, 0.2) is 36.4 Å². The van der Waals surface area contributed by atoms with Gasteiger partial charge in [-0.1, -0.05) is 19.1 Å². The highest BCUT2D eigenvalue weighted by atomic mass is 19.4. The monoisotopic (exact) mass is 491 g/mol. The molecule has 1 aromatic carbocycles. The molecule has 34 heavy (non-hydrogen) atoms. The van der Waals surface area contributed by atoms with E-state index in [1.165, 1.54) is 12.1 Å². The summed E-state index contributed by atoms with van der Waals surface area (Å²) in [6.45, 7) is 3.20. The number of alkyl halides is 6. The second kappa shape index (κ2) is 8.69. The highest BCUT2D eigenvalue weighted by Crippen LogP contribution is 2.37. The zero-order valence-corrected chi connectivity index (χ0v) is 17.8. The quantitative estimate of drug-likeness (QED) is 0.383. The van der Waals surface area contributed by atoms with Crippen LogP contribution in [0.4, 0.5) is 36.6 Å². The molecule has 2 aromatic heterocycles. The fourth-order valence-corrected chi connectivity index (χ4v) is 4.06. The Balaban J connectivity index is 1.64. The van der Waals surface area contributed by atoms with Crippen LogP contribution in [0, 0.1) is 11.7 Å². The van der Waals surface area contributed by atoms with Gasteiger partial charge >= 0.3 is 12.4 Å². The summed E-state index contributed by atoms with van der Waals surface area (Å²) in [5.41, 5.74) is -1.04. The van der Waals surface area contributed by atoms with Crippen molar-refractivity contribution in [1.29, 1.82) is 0 Å². The average molecular weight is 491 g/mol. The smallest absolute Gasteiger partial charge is 0.316 e. The molecular weight excluding hydrogens is 471 g/mol. The Morgan fingerprint density at radius 3 is 2.32 bits per heavy atom. The van der Waals surface area contributed by atoms with Gasteiger partial charge in [0.1, 0.15) is 5.82 Å². The molecule has 0 radical (unpaired) electrons. The van der Waals surface area contributed by atoms with Gasteiger partial charge in [0.2, 0.25) is 0 Å². The fourth-order valence-electron chi connectivity index (χ4n) is 4.06. The minimum atomic E-state index is -4.90. The van der Waals surface area contributed by atoms with Crippen LogP contribution in [0.25, 0.3) is 5.65 Å². The summed E-state index contributed by atoms with van der Waals surface area (Å²) < 4.78 is 93.1. The highest BCUT2D eigenvalue weighted by molar-refractivity contribution is 5.50. The molecule has 4 rings (SSSR count). The number of nitrogens with one attached hydrogen (secondary N) is 2. The SMILES string of the molecule is CC(CONc1cc(C(F)(F)F)nc2cc(C(F)(F)F)nn12)(c1ccc(F)cc1)C1CCNC1. The van der Waals surface area contributed by atoms with Gasteiger partial charge in [0.25, 0.3) is 0 Å². The van der Waals surface area contributed by atoms with Crippen LogP contribution in [0.3, 0.4) is 0 Å². The van der Waals surface area contributed by atoms with E-state index in [1.807, 2.05) is 6.92 Å². The van der Waals surface area contributed by atoms with Crippen molar-refractivity contribution in [3.05, 3.63) is 59.2 Å². The maximum atomic E-state index is 13.5. The maximum absolute atomic E-state index is 13.5. The molecule has 0 amide bonds. The lowest BCUT2D eigenvalue weighted by molar-refractivity contribution is -0.142. The van der Waals surface area contributed by atoms with Gasteiger partial charge in [0.15, 0.2) is 22.9 Å². The van der Waals surface area contributed by atoms with Crippen LogP contribution in [0.5, 0.6) is 0 Å². The van der Waals surface area contributed by atoms with Gasteiger partial charge < -0.3 is 5.32 Å². The van der Waals surface area contributed by atoms with Crippen molar-refractivity contribution in [2.45, 2.75) is 31.1 Å². The Morgan fingerprint density at radius 1 is 1.06 bits per heavy atom. The van der Waals surface area contributed by atoms with E-state index < -0.39 is 46.4 Å². The molecule has 1 aliphatic rings. The Bertz CT molecular complexity index is 1150. The summed E-state index contributed by atoms with van der Waals surface area (Å²) in [4.78, 5) is 8.80. The summed E-state index contributed by atoms with van der Waals surface area (Å²) in [6.07, 6.45) is -9.00. The Labute approximate surface area is 189 Å². The number of aromatic nitrogens is 3. The number of anilines is 1. The summed E-state index contributed by atoms with van der Waals surface area (Å²) >= 11 is 0. The van der Waals surface area contributed by atoms with E-state index in [-0.39, 0.29) is 12.5 Å². The van der Waals surface area contributed by atoms with Crippen LogP contribution >= 0.6 is 0 Å². The molecule has 3 heterocycles. The maximum Gasteiger partial charge on any atom is 0.435 e.